The molecule has 0 unspecified atom stereocenters. The molecule has 3 nitrogen and oxygen atoms in total. The molecule has 0 fully saturated rings. The molecule has 0 amide bonds. The third-order valence-corrected chi connectivity index (χ3v) is 2.70. The predicted molar refractivity (Wildman–Crippen MR) is 67.8 cm³/mol. The molecule has 1 aromatic rings. The van der Waals surface area contributed by atoms with Gasteiger partial charge in [0.2, 0.25) is 0 Å². The third kappa shape index (κ3) is 4.10. The number of methoxy groups -OCH3 is 2. The fourth-order valence-corrected chi connectivity index (χ4v) is 1.74. The van der Waals surface area contributed by atoms with Gasteiger partial charge in [-0.3, -0.25) is 4.79 Å². The fourth-order valence-electron chi connectivity index (χ4n) is 1.74. The van der Waals surface area contributed by atoms with Crippen LogP contribution < -0.4 is 9.47 Å². The van der Waals surface area contributed by atoms with Crippen molar-refractivity contribution < 1.29 is 14.3 Å². The number of ketones is 1. The van der Waals surface area contributed by atoms with Crippen molar-refractivity contribution in [2.75, 3.05) is 14.2 Å². The lowest BCUT2D eigenvalue weighted by Gasteiger charge is -2.09. The van der Waals surface area contributed by atoms with Gasteiger partial charge in [-0.15, -0.1) is 0 Å². The van der Waals surface area contributed by atoms with Crippen LogP contribution in [0.25, 0.3) is 0 Å². The van der Waals surface area contributed by atoms with Gasteiger partial charge >= 0.3 is 0 Å². The van der Waals surface area contributed by atoms with Gasteiger partial charge < -0.3 is 9.47 Å². The second-order valence-electron chi connectivity index (χ2n) is 3.97. The van der Waals surface area contributed by atoms with Crippen molar-refractivity contribution in [1.29, 1.82) is 0 Å². The number of hydrogen-bond acceptors (Lipinski definition) is 3. The maximum Gasteiger partial charge on any atom is 0.133 e. The number of carbonyl (C=O) groups excluding carboxylic acids is 1. The molecule has 0 aromatic heterocycles. The molecule has 3 heteroatoms. The second-order valence-corrected chi connectivity index (χ2v) is 3.97. The van der Waals surface area contributed by atoms with Crippen LogP contribution >= 0.6 is 0 Å². The molecular weight excluding hydrogens is 216 g/mol. The number of rotatable bonds is 7. The normalized spacial score (nSPS) is 10.1. The largest absolute Gasteiger partial charge is 0.497 e. The summed E-state index contributed by atoms with van der Waals surface area (Å²) in [4.78, 5) is 11.5. The lowest BCUT2D eigenvalue weighted by Crippen LogP contribution is -2.01. The molecule has 0 spiro atoms. The lowest BCUT2D eigenvalue weighted by atomic mass is 10.0. The number of aryl methyl sites for hydroxylation is 1. The standard InChI is InChI=1S/C14H20O3/c1-4-5-12(15)8-6-11-7-9-13(16-2)10-14(11)17-3/h7,9-10H,4-6,8H2,1-3H3. The van der Waals surface area contributed by atoms with Crippen molar-refractivity contribution in [1.82, 2.24) is 0 Å². The van der Waals surface area contributed by atoms with E-state index in [9.17, 15) is 4.79 Å². The molecule has 94 valence electrons. The van der Waals surface area contributed by atoms with Crippen molar-refractivity contribution in [2.24, 2.45) is 0 Å². The van der Waals surface area contributed by atoms with Gasteiger partial charge in [-0.1, -0.05) is 13.0 Å². The Morgan fingerprint density at radius 2 is 1.94 bits per heavy atom. The van der Waals surface area contributed by atoms with E-state index in [0.717, 1.165) is 29.9 Å². The van der Waals surface area contributed by atoms with Crippen molar-refractivity contribution in [3.63, 3.8) is 0 Å². The van der Waals surface area contributed by atoms with Crippen LogP contribution in [0.15, 0.2) is 18.2 Å². The minimum atomic E-state index is 0.311. The van der Waals surface area contributed by atoms with Gasteiger partial charge in [0.05, 0.1) is 14.2 Å². The Morgan fingerprint density at radius 1 is 1.18 bits per heavy atom. The molecule has 0 N–H and O–H groups in total. The number of ether oxygens (including phenoxy) is 2. The molecule has 0 bridgehead atoms. The highest BCUT2D eigenvalue weighted by molar-refractivity contribution is 5.78. The lowest BCUT2D eigenvalue weighted by molar-refractivity contribution is -0.119. The average Bonchev–Trinajstić information content (AvgIpc) is 2.36. The first-order chi connectivity index (χ1) is 8.21. The van der Waals surface area contributed by atoms with Crippen LogP contribution in [0.1, 0.15) is 31.7 Å². The summed E-state index contributed by atoms with van der Waals surface area (Å²) in [6.45, 7) is 2.02. The molecule has 0 saturated carbocycles. The maximum atomic E-state index is 11.5. The van der Waals surface area contributed by atoms with Crippen molar-refractivity contribution in [3.05, 3.63) is 23.8 Å². The molecule has 0 aliphatic rings. The van der Waals surface area contributed by atoms with Gasteiger partial charge in [-0.25, -0.2) is 0 Å². The van der Waals surface area contributed by atoms with E-state index < -0.39 is 0 Å². The average molecular weight is 236 g/mol. The summed E-state index contributed by atoms with van der Waals surface area (Å²) in [7, 11) is 3.26. The Labute approximate surface area is 103 Å². The molecule has 1 rings (SSSR count). The van der Waals surface area contributed by atoms with Crippen LogP contribution in [0.5, 0.6) is 11.5 Å². The van der Waals surface area contributed by atoms with Crippen LogP contribution in [0.4, 0.5) is 0 Å². The SMILES string of the molecule is CCCC(=O)CCc1ccc(OC)cc1OC. The molecule has 0 saturated heterocycles. The number of carbonyl (C=O) groups is 1. The highest BCUT2D eigenvalue weighted by Crippen LogP contribution is 2.25. The smallest absolute Gasteiger partial charge is 0.133 e. The number of benzene rings is 1. The minimum Gasteiger partial charge on any atom is -0.497 e. The summed E-state index contributed by atoms with van der Waals surface area (Å²) < 4.78 is 10.4. The van der Waals surface area contributed by atoms with Crippen LogP contribution in [-0.2, 0) is 11.2 Å². The summed E-state index contributed by atoms with van der Waals surface area (Å²) in [6.07, 6.45) is 2.89. The van der Waals surface area contributed by atoms with E-state index in [1.807, 2.05) is 25.1 Å². The van der Waals surface area contributed by atoms with E-state index in [1.54, 1.807) is 14.2 Å². The Morgan fingerprint density at radius 3 is 2.53 bits per heavy atom. The monoisotopic (exact) mass is 236 g/mol. The fraction of sp³-hybridized carbons (Fsp3) is 0.500. The second kappa shape index (κ2) is 6.94. The third-order valence-electron chi connectivity index (χ3n) is 2.70. The molecular formula is C14H20O3. The first-order valence-corrected chi connectivity index (χ1v) is 5.93. The molecule has 0 aliphatic carbocycles. The van der Waals surface area contributed by atoms with Crippen LogP contribution in [0.2, 0.25) is 0 Å². The van der Waals surface area contributed by atoms with E-state index in [0.29, 0.717) is 18.6 Å². The predicted octanol–water partition coefficient (Wildman–Crippen LogP) is 3.01. The number of Topliss-reactive ketones (excluding diaryl/α,β-unsaturated/α-hetero) is 1. The Bertz CT molecular complexity index is 372. The van der Waals surface area contributed by atoms with Crippen molar-refractivity contribution in [3.8, 4) is 11.5 Å². The molecule has 0 aliphatic heterocycles. The summed E-state index contributed by atoms with van der Waals surface area (Å²) in [6, 6.07) is 5.69. The Kier molecular flexibility index (Phi) is 5.53. The minimum absolute atomic E-state index is 0.311. The zero-order chi connectivity index (χ0) is 12.7. The van der Waals surface area contributed by atoms with Gasteiger partial charge in [0, 0.05) is 18.9 Å². The van der Waals surface area contributed by atoms with E-state index in [1.165, 1.54) is 0 Å². The summed E-state index contributed by atoms with van der Waals surface area (Å²) in [5, 5.41) is 0. The molecule has 0 radical (unpaired) electrons. The topological polar surface area (TPSA) is 35.5 Å². The summed E-state index contributed by atoms with van der Waals surface area (Å²) in [5.41, 5.74) is 1.05. The van der Waals surface area contributed by atoms with Gasteiger partial charge in [0.25, 0.3) is 0 Å². The van der Waals surface area contributed by atoms with E-state index in [4.69, 9.17) is 9.47 Å². The first kappa shape index (κ1) is 13.6. The quantitative estimate of drug-likeness (QED) is 0.730. The Hall–Kier alpha value is -1.51. The van der Waals surface area contributed by atoms with Crippen molar-refractivity contribution >= 4 is 5.78 Å². The highest BCUT2D eigenvalue weighted by atomic mass is 16.5. The zero-order valence-electron chi connectivity index (χ0n) is 10.8. The van der Waals surface area contributed by atoms with Gasteiger partial charge in [0.15, 0.2) is 0 Å². The molecule has 0 atom stereocenters. The first-order valence-electron chi connectivity index (χ1n) is 5.93. The summed E-state index contributed by atoms with van der Waals surface area (Å²) >= 11 is 0. The molecule has 0 heterocycles. The van der Waals surface area contributed by atoms with Gasteiger partial charge in [0.1, 0.15) is 17.3 Å². The zero-order valence-corrected chi connectivity index (χ0v) is 10.8. The van der Waals surface area contributed by atoms with E-state index in [2.05, 4.69) is 0 Å². The van der Waals surface area contributed by atoms with Crippen LogP contribution in [0, 0.1) is 0 Å². The van der Waals surface area contributed by atoms with E-state index in [-0.39, 0.29) is 0 Å². The maximum absolute atomic E-state index is 11.5. The number of hydrogen-bond donors (Lipinski definition) is 0. The Balaban J connectivity index is 2.67. The van der Waals surface area contributed by atoms with Gasteiger partial charge in [-0.05, 0) is 24.5 Å². The van der Waals surface area contributed by atoms with Gasteiger partial charge in [-0.2, -0.15) is 0 Å². The van der Waals surface area contributed by atoms with Crippen LogP contribution in [-0.4, -0.2) is 20.0 Å². The summed E-state index contributed by atoms with van der Waals surface area (Å²) in [5.74, 6) is 1.87. The van der Waals surface area contributed by atoms with Crippen LogP contribution in [0.3, 0.4) is 0 Å². The highest BCUT2D eigenvalue weighted by Gasteiger charge is 2.07. The van der Waals surface area contributed by atoms with Crippen molar-refractivity contribution in [2.45, 2.75) is 32.6 Å². The van der Waals surface area contributed by atoms with E-state index >= 15 is 0 Å². The molecule has 1 aromatic carbocycles. The molecule has 17 heavy (non-hydrogen) atoms.